The van der Waals surface area contributed by atoms with E-state index in [0.29, 0.717) is 12.1 Å². The number of imidazole rings is 1. The van der Waals surface area contributed by atoms with Crippen LogP contribution < -0.4 is 0 Å². The number of nitro benzene ring substituents is 1. The van der Waals surface area contributed by atoms with Crippen molar-refractivity contribution in [3.63, 3.8) is 0 Å². The number of non-ortho nitro benzene ring substituents is 1. The number of nitro groups is 1. The zero-order valence-corrected chi connectivity index (χ0v) is 18.9. The quantitative estimate of drug-likeness (QED) is 0.221. The zero-order chi connectivity index (χ0) is 22.6. The summed E-state index contributed by atoms with van der Waals surface area (Å²) in [5.41, 5.74) is 3.80. The van der Waals surface area contributed by atoms with Crippen molar-refractivity contribution in [1.82, 2.24) is 14.5 Å². The van der Waals surface area contributed by atoms with Gasteiger partial charge in [0.2, 0.25) is 0 Å². The van der Waals surface area contributed by atoms with Gasteiger partial charge in [0, 0.05) is 43.2 Å². The summed E-state index contributed by atoms with van der Waals surface area (Å²) in [4.78, 5) is 18.0. The Bertz CT molecular complexity index is 1250. The molecule has 0 amide bonds. The van der Waals surface area contributed by atoms with Gasteiger partial charge in [0.1, 0.15) is 0 Å². The highest BCUT2D eigenvalue weighted by molar-refractivity contribution is 7.99. The van der Waals surface area contributed by atoms with E-state index in [0.717, 1.165) is 41.7 Å². The van der Waals surface area contributed by atoms with Gasteiger partial charge in [0.05, 0.1) is 28.7 Å². The van der Waals surface area contributed by atoms with Gasteiger partial charge >= 0.3 is 0 Å². The summed E-state index contributed by atoms with van der Waals surface area (Å²) in [5.74, 6) is 0.754. The van der Waals surface area contributed by atoms with E-state index in [1.165, 1.54) is 17.7 Å². The Kier molecular flexibility index (Phi) is 6.39. The maximum atomic E-state index is 11.2. The van der Waals surface area contributed by atoms with Gasteiger partial charge in [0.15, 0.2) is 5.16 Å². The molecule has 0 N–H and O–H groups in total. The molecule has 168 valence electrons. The van der Waals surface area contributed by atoms with Crippen LogP contribution in [0.2, 0.25) is 0 Å². The smallest absolute Gasteiger partial charge is 0.271 e. The molecule has 3 aromatic carbocycles. The first kappa shape index (κ1) is 21.6. The maximum Gasteiger partial charge on any atom is 0.271 e. The molecule has 2 heterocycles. The predicted octanol–water partition coefficient (Wildman–Crippen LogP) is 4.93. The van der Waals surface area contributed by atoms with Crippen LogP contribution in [0.5, 0.6) is 0 Å². The fourth-order valence-electron chi connectivity index (χ4n) is 4.12. The minimum absolute atomic E-state index is 0.0453. The van der Waals surface area contributed by atoms with Crippen molar-refractivity contribution in [1.29, 1.82) is 0 Å². The van der Waals surface area contributed by atoms with Crippen molar-refractivity contribution in [2.45, 2.75) is 17.8 Å². The number of benzene rings is 3. The van der Waals surface area contributed by atoms with E-state index in [1.54, 1.807) is 17.8 Å². The van der Waals surface area contributed by atoms with E-state index in [9.17, 15) is 10.1 Å². The van der Waals surface area contributed by atoms with E-state index >= 15 is 0 Å². The number of thioether (sulfide) groups is 1. The van der Waals surface area contributed by atoms with Crippen molar-refractivity contribution in [2.75, 3.05) is 25.4 Å². The molecule has 1 atom stereocenters. The van der Waals surface area contributed by atoms with Crippen molar-refractivity contribution in [2.24, 2.45) is 0 Å². The summed E-state index contributed by atoms with van der Waals surface area (Å²) < 4.78 is 8.11. The third kappa shape index (κ3) is 4.93. The van der Waals surface area contributed by atoms with Gasteiger partial charge in [-0.25, -0.2) is 4.98 Å². The number of nitrogens with zero attached hydrogens (tertiary/aromatic N) is 4. The normalized spacial score (nSPS) is 16.8. The summed E-state index contributed by atoms with van der Waals surface area (Å²) in [6, 6.07) is 25.3. The number of morpholine rings is 1. The molecule has 1 fully saturated rings. The Morgan fingerprint density at radius 3 is 2.58 bits per heavy atom. The second-order valence-corrected chi connectivity index (χ2v) is 9.01. The summed E-state index contributed by atoms with van der Waals surface area (Å²) in [7, 11) is 0. The lowest BCUT2D eigenvalue weighted by molar-refractivity contribution is -0.384. The maximum absolute atomic E-state index is 11.2. The molecule has 4 aromatic rings. The van der Waals surface area contributed by atoms with Crippen LogP contribution in [0.15, 0.2) is 84.0 Å². The Morgan fingerprint density at radius 2 is 1.82 bits per heavy atom. The van der Waals surface area contributed by atoms with Gasteiger partial charge in [-0.05, 0) is 23.8 Å². The molecule has 1 aromatic heterocycles. The molecule has 7 nitrogen and oxygen atoms in total. The number of rotatable bonds is 7. The fraction of sp³-hybridized carbons (Fsp3) is 0.240. The van der Waals surface area contributed by atoms with Crippen LogP contribution in [0.1, 0.15) is 5.56 Å². The fourth-order valence-corrected chi connectivity index (χ4v) is 5.15. The number of para-hydroxylation sites is 1. The molecule has 8 heteroatoms. The Morgan fingerprint density at radius 1 is 1.06 bits per heavy atom. The summed E-state index contributed by atoms with van der Waals surface area (Å²) in [5, 5.41) is 12.1. The van der Waals surface area contributed by atoms with Crippen LogP contribution in [0.25, 0.3) is 16.7 Å². The van der Waals surface area contributed by atoms with E-state index in [1.807, 2.05) is 36.4 Å². The number of hydrogen-bond acceptors (Lipinski definition) is 6. The number of hydrogen-bond donors (Lipinski definition) is 0. The van der Waals surface area contributed by atoms with Gasteiger partial charge in [-0.1, -0.05) is 60.3 Å². The molecule has 33 heavy (non-hydrogen) atoms. The molecule has 1 aliphatic heterocycles. The monoisotopic (exact) mass is 460 g/mol. The minimum atomic E-state index is -0.384. The highest BCUT2D eigenvalue weighted by atomic mass is 32.2. The molecule has 1 aliphatic rings. The Hall–Kier alpha value is -3.20. The standard InChI is InChI=1S/C25H24N4O3S/c30-29(31)21-11-12-24-23(15-21)26-25(28(24)20-9-5-2-6-10-20)33-18-22-17-27(13-14-32-22)16-19-7-3-1-4-8-19/h1-12,15,22H,13-14,16-18H2/t22-/m1/s1. The molecule has 1 saturated heterocycles. The first-order valence-corrected chi connectivity index (χ1v) is 11.9. The van der Waals surface area contributed by atoms with E-state index < -0.39 is 0 Å². The first-order valence-electron chi connectivity index (χ1n) is 10.9. The lowest BCUT2D eigenvalue weighted by Crippen LogP contribution is -2.43. The molecule has 0 spiro atoms. The van der Waals surface area contributed by atoms with E-state index in [-0.39, 0.29) is 16.7 Å². The lowest BCUT2D eigenvalue weighted by Gasteiger charge is -2.32. The van der Waals surface area contributed by atoms with Crippen LogP contribution in [0.3, 0.4) is 0 Å². The van der Waals surface area contributed by atoms with Gasteiger partial charge in [-0.3, -0.25) is 19.6 Å². The van der Waals surface area contributed by atoms with Crippen molar-refractivity contribution < 1.29 is 9.66 Å². The van der Waals surface area contributed by atoms with Crippen molar-refractivity contribution >= 4 is 28.5 Å². The Balaban J connectivity index is 1.36. The molecule has 0 unspecified atom stereocenters. The highest BCUT2D eigenvalue weighted by Crippen LogP contribution is 2.31. The largest absolute Gasteiger partial charge is 0.375 e. The van der Waals surface area contributed by atoms with Crippen LogP contribution in [-0.2, 0) is 11.3 Å². The first-order chi connectivity index (χ1) is 16.2. The molecule has 0 aliphatic carbocycles. The van der Waals surface area contributed by atoms with Crippen molar-refractivity contribution in [3.8, 4) is 5.69 Å². The second-order valence-electron chi connectivity index (χ2n) is 8.02. The summed E-state index contributed by atoms with van der Waals surface area (Å²) in [6.45, 7) is 3.40. The van der Waals surface area contributed by atoms with Gasteiger partial charge in [0.25, 0.3) is 5.69 Å². The number of ether oxygens (including phenoxy) is 1. The van der Waals surface area contributed by atoms with Crippen LogP contribution in [0, 0.1) is 10.1 Å². The number of fused-ring (bicyclic) bond motifs is 1. The van der Waals surface area contributed by atoms with Gasteiger partial charge in [-0.15, -0.1) is 0 Å². The van der Waals surface area contributed by atoms with Crippen LogP contribution in [-0.4, -0.2) is 50.9 Å². The highest BCUT2D eigenvalue weighted by Gasteiger charge is 2.23. The van der Waals surface area contributed by atoms with Crippen molar-refractivity contribution in [3.05, 3.63) is 94.5 Å². The summed E-state index contributed by atoms with van der Waals surface area (Å²) >= 11 is 1.63. The zero-order valence-electron chi connectivity index (χ0n) is 18.0. The molecule has 0 saturated carbocycles. The predicted molar refractivity (Wildman–Crippen MR) is 130 cm³/mol. The third-order valence-corrected chi connectivity index (χ3v) is 6.77. The van der Waals surface area contributed by atoms with Crippen LogP contribution >= 0.6 is 11.8 Å². The minimum Gasteiger partial charge on any atom is -0.375 e. The molecule has 5 rings (SSSR count). The average Bonchev–Trinajstić information content (AvgIpc) is 3.22. The molecular formula is C25H24N4O3S. The molecular weight excluding hydrogens is 436 g/mol. The van der Waals surface area contributed by atoms with E-state index in [4.69, 9.17) is 9.72 Å². The topological polar surface area (TPSA) is 73.4 Å². The van der Waals surface area contributed by atoms with Crippen LogP contribution in [0.4, 0.5) is 5.69 Å². The van der Waals surface area contributed by atoms with Gasteiger partial charge in [-0.2, -0.15) is 0 Å². The second kappa shape index (κ2) is 9.74. The SMILES string of the molecule is O=[N+]([O-])c1ccc2c(c1)nc(SC[C@H]1CN(Cc3ccccc3)CCO1)n2-c1ccccc1. The van der Waals surface area contributed by atoms with E-state index in [2.05, 4.69) is 33.7 Å². The van der Waals surface area contributed by atoms with Gasteiger partial charge < -0.3 is 4.74 Å². The third-order valence-electron chi connectivity index (χ3n) is 5.70. The molecule has 0 bridgehead atoms. The Labute approximate surface area is 196 Å². The summed E-state index contributed by atoms with van der Waals surface area (Å²) in [6.07, 6.45) is 0.0887. The number of aromatic nitrogens is 2. The molecule has 0 radical (unpaired) electrons. The lowest BCUT2D eigenvalue weighted by atomic mass is 10.2. The average molecular weight is 461 g/mol.